The van der Waals surface area contributed by atoms with E-state index in [1.54, 1.807) is 34.1 Å². The first kappa shape index (κ1) is 15.3. The molecule has 124 valence electrons. The van der Waals surface area contributed by atoms with Crippen molar-refractivity contribution in [2.45, 2.75) is 6.54 Å². The Bertz CT molecular complexity index is 1140. The van der Waals surface area contributed by atoms with E-state index in [4.69, 9.17) is 11.1 Å². The standard InChI is InChI=1S/C18H14N4O2S/c19-16(20)13-6-5-10-7-14(18(23)24)22(17(10)21-13)8-11-9-25-15-4-2-1-3-12(11)15/h1-7,9H,8H2,(H3,19,20)(H,23,24). The molecule has 0 aliphatic carbocycles. The van der Waals surface area contributed by atoms with E-state index in [0.29, 0.717) is 23.3 Å². The van der Waals surface area contributed by atoms with Gasteiger partial charge in [0.25, 0.3) is 0 Å². The molecule has 0 aliphatic heterocycles. The number of amidine groups is 1. The van der Waals surface area contributed by atoms with Gasteiger partial charge in [-0.1, -0.05) is 18.2 Å². The third kappa shape index (κ3) is 2.54. The number of nitrogen functional groups attached to an aromatic ring is 1. The second-order valence-electron chi connectivity index (χ2n) is 5.70. The zero-order valence-electron chi connectivity index (χ0n) is 13.1. The van der Waals surface area contributed by atoms with Crippen LogP contribution in [0.4, 0.5) is 0 Å². The van der Waals surface area contributed by atoms with Crippen molar-refractivity contribution >= 4 is 44.3 Å². The Balaban J connectivity index is 1.92. The van der Waals surface area contributed by atoms with Crippen LogP contribution >= 0.6 is 11.3 Å². The number of carbonyl (C=O) groups is 1. The number of aromatic nitrogens is 2. The highest BCUT2D eigenvalue weighted by Crippen LogP contribution is 2.28. The van der Waals surface area contributed by atoms with E-state index in [0.717, 1.165) is 15.6 Å². The lowest BCUT2D eigenvalue weighted by Gasteiger charge is -2.08. The molecule has 3 aromatic heterocycles. The second-order valence-corrected chi connectivity index (χ2v) is 6.61. The van der Waals surface area contributed by atoms with Gasteiger partial charge in [0.1, 0.15) is 22.9 Å². The summed E-state index contributed by atoms with van der Waals surface area (Å²) in [6.45, 7) is 0.392. The molecule has 0 radical (unpaired) electrons. The fourth-order valence-electron chi connectivity index (χ4n) is 2.94. The van der Waals surface area contributed by atoms with E-state index in [1.807, 2.05) is 29.6 Å². The SMILES string of the molecule is N=C(N)c1ccc2cc(C(=O)O)n(Cc3csc4ccccc34)c2n1. The van der Waals surface area contributed by atoms with Crippen LogP contribution in [0.2, 0.25) is 0 Å². The molecule has 7 heteroatoms. The number of fused-ring (bicyclic) bond motifs is 2. The van der Waals surface area contributed by atoms with E-state index < -0.39 is 5.97 Å². The number of benzene rings is 1. The summed E-state index contributed by atoms with van der Waals surface area (Å²) in [6.07, 6.45) is 0. The van der Waals surface area contributed by atoms with Crippen LogP contribution in [-0.2, 0) is 6.54 Å². The number of rotatable bonds is 4. The van der Waals surface area contributed by atoms with Crippen molar-refractivity contribution in [3.8, 4) is 0 Å². The quantitative estimate of drug-likeness (QED) is 0.388. The third-order valence-electron chi connectivity index (χ3n) is 4.13. The van der Waals surface area contributed by atoms with Crippen LogP contribution in [0.5, 0.6) is 0 Å². The van der Waals surface area contributed by atoms with Crippen molar-refractivity contribution in [1.82, 2.24) is 9.55 Å². The number of hydrogen-bond donors (Lipinski definition) is 3. The van der Waals surface area contributed by atoms with Crippen LogP contribution in [0.3, 0.4) is 0 Å². The van der Waals surface area contributed by atoms with E-state index in [-0.39, 0.29) is 11.5 Å². The number of thiophene rings is 1. The van der Waals surface area contributed by atoms with Crippen molar-refractivity contribution in [2.24, 2.45) is 5.73 Å². The predicted octanol–water partition coefficient (Wildman–Crippen LogP) is 3.28. The van der Waals surface area contributed by atoms with Gasteiger partial charge in [0.2, 0.25) is 0 Å². The normalized spacial score (nSPS) is 11.2. The van der Waals surface area contributed by atoms with E-state index >= 15 is 0 Å². The first-order valence-electron chi connectivity index (χ1n) is 7.57. The van der Waals surface area contributed by atoms with Gasteiger partial charge in [0.15, 0.2) is 0 Å². The molecule has 4 N–H and O–H groups in total. The Morgan fingerprint density at radius 3 is 2.84 bits per heavy atom. The molecule has 0 saturated heterocycles. The maximum atomic E-state index is 11.7. The molecule has 4 rings (SSSR count). The predicted molar refractivity (Wildman–Crippen MR) is 98.6 cm³/mol. The highest BCUT2D eigenvalue weighted by molar-refractivity contribution is 7.17. The molecule has 3 heterocycles. The molecule has 0 amide bonds. The number of pyridine rings is 1. The summed E-state index contributed by atoms with van der Waals surface area (Å²) < 4.78 is 2.82. The Kier molecular flexibility index (Phi) is 3.51. The minimum atomic E-state index is -1.01. The highest BCUT2D eigenvalue weighted by Gasteiger charge is 2.18. The molecule has 0 unspecified atom stereocenters. The number of aromatic carboxylic acids is 1. The maximum absolute atomic E-state index is 11.7. The van der Waals surface area contributed by atoms with Gasteiger partial charge in [-0.25, -0.2) is 9.78 Å². The summed E-state index contributed by atoms with van der Waals surface area (Å²) in [7, 11) is 0. The minimum Gasteiger partial charge on any atom is -0.477 e. The van der Waals surface area contributed by atoms with Gasteiger partial charge in [0, 0.05) is 10.1 Å². The molecule has 0 fully saturated rings. The monoisotopic (exact) mass is 350 g/mol. The first-order valence-corrected chi connectivity index (χ1v) is 8.45. The first-order chi connectivity index (χ1) is 12.0. The van der Waals surface area contributed by atoms with Gasteiger partial charge in [-0.3, -0.25) is 5.41 Å². The third-order valence-corrected chi connectivity index (χ3v) is 5.14. The van der Waals surface area contributed by atoms with Crippen LogP contribution in [0.15, 0.2) is 47.8 Å². The zero-order valence-corrected chi connectivity index (χ0v) is 13.9. The van der Waals surface area contributed by atoms with Gasteiger partial charge in [-0.05, 0) is 40.6 Å². The summed E-state index contributed by atoms with van der Waals surface area (Å²) >= 11 is 1.63. The van der Waals surface area contributed by atoms with Crippen LogP contribution < -0.4 is 5.73 Å². The Morgan fingerprint density at radius 2 is 2.08 bits per heavy atom. The molecular weight excluding hydrogens is 336 g/mol. The molecular formula is C18H14N4O2S. The Hall–Kier alpha value is -3.19. The Labute approximate surface area is 146 Å². The van der Waals surface area contributed by atoms with E-state index in [9.17, 15) is 9.90 Å². The average molecular weight is 350 g/mol. The number of carboxylic acids is 1. The van der Waals surface area contributed by atoms with Crippen LogP contribution in [0.1, 0.15) is 21.7 Å². The van der Waals surface area contributed by atoms with Crippen LogP contribution in [0, 0.1) is 5.41 Å². The van der Waals surface area contributed by atoms with Crippen LogP contribution in [0.25, 0.3) is 21.1 Å². The summed E-state index contributed by atoms with van der Waals surface area (Å²) in [6, 6.07) is 13.0. The molecule has 4 aromatic rings. The number of nitrogens with zero attached hydrogens (tertiary/aromatic N) is 2. The Morgan fingerprint density at radius 1 is 1.28 bits per heavy atom. The lowest BCUT2D eigenvalue weighted by Crippen LogP contribution is -2.14. The zero-order chi connectivity index (χ0) is 17.6. The summed E-state index contributed by atoms with van der Waals surface area (Å²) in [5.74, 6) is -1.16. The van der Waals surface area contributed by atoms with Gasteiger partial charge in [-0.2, -0.15) is 0 Å². The summed E-state index contributed by atoms with van der Waals surface area (Å²) in [5.41, 5.74) is 7.58. The molecule has 6 nitrogen and oxygen atoms in total. The van der Waals surface area contributed by atoms with Crippen molar-refractivity contribution in [2.75, 3.05) is 0 Å². The number of nitrogens with one attached hydrogen (secondary N) is 1. The van der Waals surface area contributed by atoms with Crippen molar-refractivity contribution < 1.29 is 9.90 Å². The lowest BCUT2D eigenvalue weighted by molar-refractivity contribution is 0.0686. The molecule has 0 atom stereocenters. The topological polar surface area (TPSA) is 105 Å². The smallest absolute Gasteiger partial charge is 0.352 e. The average Bonchev–Trinajstić information content (AvgIpc) is 3.17. The fourth-order valence-corrected chi connectivity index (χ4v) is 3.89. The van der Waals surface area contributed by atoms with Crippen molar-refractivity contribution in [3.63, 3.8) is 0 Å². The summed E-state index contributed by atoms with van der Waals surface area (Å²) in [4.78, 5) is 16.1. The van der Waals surface area contributed by atoms with Crippen LogP contribution in [-0.4, -0.2) is 26.5 Å². The largest absolute Gasteiger partial charge is 0.477 e. The highest BCUT2D eigenvalue weighted by atomic mass is 32.1. The summed E-state index contributed by atoms with van der Waals surface area (Å²) in [5, 5.41) is 21.0. The van der Waals surface area contributed by atoms with Gasteiger partial charge < -0.3 is 15.4 Å². The van der Waals surface area contributed by atoms with E-state index in [2.05, 4.69) is 4.98 Å². The minimum absolute atomic E-state index is 0.146. The van der Waals surface area contributed by atoms with Crippen molar-refractivity contribution in [1.29, 1.82) is 5.41 Å². The van der Waals surface area contributed by atoms with Crippen molar-refractivity contribution in [3.05, 3.63) is 64.8 Å². The molecule has 1 aromatic carbocycles. The number of hydrogen-bond acceptors (Lipinski definition) is 4. The molecule has 0 aliphatic rings. The lowest BCUT2D eigenvalue weighted by atomic mass is 10.2. The van der Waals surface area contributed by atoms with Gasteiger partial charge in [0.05, 0.1) is 6.54 Å². The second kappa shape index (κ2) is 5.71. The molecule has 25 heavy (non-hydrogen) atoms. The van der Waals surface area contributed by atoms with E-state index in [1.165, 1.54) is 0 Å². The number of carboxylic acid groups (broad SMARTS) is 1. The fraction of sp³-hybridized carbons (Fsp3) is 0.0556. The van der Waals surface area contributed by atoms with Gasteiger partial charge in [-0.15, -0.1) is 11.3 Å². The molecule has 0 spiro atoms. The van der Waals surface area contributed by atoms with Gasteiger partial charge >= 0.3 is 5.97 Å². The molecule has 0 bridgehead atoms. The number of nitrogens with two attached hydrogens (primary N) is 1. The maximum Gasteiger partial charge on any atom is 0.352 e. The molecule has 0 saturated carbocycles.